The number of esters is 1. The second-order valence-corrected chi connectivity index (χ2v) is 6.85. The molecule has 0 atom stereocenters. The number of carbonyl (C=O) groups excluding carboxylic acids is 1. The molecular weight excluding hydrogens is 316 g/mol. The van der Waals surface area contributed by atoms with Gasteiger partial charge in [-0.1, -0.05) is 52.0 Å². The summed E-state index contributed by atoms with van der Waals surface area (Å²) in [6.07, 6.45) is 11.7. The Morgan fingerprint density at radius 3 is 2.36 bits per heavy atom. The SMILES string of the molecule is C=CC(=O)Oc1ccc(OOCC2CCC(CCCCC)CC2)cc1. The summed E-state index contributed by atoms with van der Waals surface area (Å²) in [5, 5.41) is 0. The molecule has 2 rings (SSSR count). The van der Waals surface area contributed by atoms with E-state index in [-0.39, 0.29) is 0 Å². The molecule has 0 N–H and O–H groups in total. The van der Waals surface area contributed by atoms with Crippen LogP contribution in [0.4, 0.5) is 0 Å². The average Bonchev–Trinajstić information content (AvgIpc) is 2.64. The molecule has 0 amide bonds. The quantitative estimate of drug-likeness (QED) is 0.141. The summed E-state index contributed by atoms with van der Waals surface area (Å²) >= 11 is 0. The molecule has 0 unspecified atom stereocenters. The third-order valence-corrected chi connectivity index (χ3v) is 4.85. The Balaban J connectivity index is 1.61. The van der Waals surface area contributed by atoms with Crippen LogP contribution in [-0.2, 0) is 9.68 Å². The van der Waals surface area contributed by atoms with Crippen LogP contribution in [0.5, 0.6) is 11.5 Å². The van der Waals surface area contributed by atoms with Crippen LogP contribution in [0, 0.1) is 11.8 Å². The summed E-state index contributed by atoms with van der Waals surface area (Å²) in [7, 11) is 0. The maximum Gasteiger partial charge on any atom is 0.335 e. The molecule has 1 fully saturated rings. The molecule has 138 valence electrons. The molecule has 0 aromatic heterocycles. The summed E-state index contributed by atoms with van der Waals surface area (Å²) in [4.78, 5) is 21.9. The van der Waals surface area contributed by atoms with Gasteiger partial charge in [-0.2, -0.15) is 4.89 Å². The van der Waals surface area contributed by atoms with E-state index in [4.69, 9.17) is 14.5 Å². The molecule has 0 spiro atoms. The van der Waals surface area contributed by atoms with E-state index in [1.54, 1.807) is 24.3 Å². The lowest BCUT2D eigenvalue weighted by molar-refractivity contribution is -0.218. The van der Waals surface area contributed by atoms with E-state index in [1.165, 1.54) is 51.4 Å². The standard InChI is InChI=1S/C21H30O4/c1-3-5-6-7-17-8-10-18(11-9-17)16-23-25-20-14-12-19(13-15-20)24-21(22)4-2/h4,12-15,17-18H,2-3,5-11,16H2,1H3. The van der Waals surface area contributed by atoms with Crippen molar-refractivity contribution in [3.8, 4) is 11.5 Å². The fourth-order valence-electron chi connectivity index (χ4n) is 3.29. The van der Waals surface area contributed by atoms with E-state index in [0.717, 1.165) is 12.0 Å². The molecule has 1 aliphatic carbocycles. The average molecular weight is 346 g/mol. The molecule has 0 heterocycles. The normalized spacial score (nSPS) is 20.0. The molecule has 25 heavy (non-hydrogen) atoms. The zero-order chi connectivity index (χ0) is 17.9. The molecule has 4 heteroatoms. The number of rotatable bonds is 10. The number of unbranched alkanes of at least 4 members (excludes halogenated alkanes) is 2. The lowest BCUT2D eigenvalue weighted by atomic mass is 9.80. The Bertz CT molecular complexity index is 515. The van der Waals surface area contributed by atoms with Crippen molar-refractivity contribution in [1.29, 1.82) is 0 Å². The molecule has 0 aliphatic heterocycles. The van der Waals surface area contributed by atoms with Crippen LogP contribution < -0.4 is 9.62 Å². The van der Waals surface area contributed by atoms with Gasteiger partial charge in [0.2, 0.25) is 0 Å². The van der Waals surface area contributed by atoms with Crippen LogP contribution in [0.1, 0.15) is 58.3 Å². The minimum atomic E-state index is -0.477. The second kappa shape index (κ2) is 10.9. The molecule has 0 radical (unpaired) electrons. The number of ether oxygens (including phenoxy) is 1. The summed E-state index contributed by atoms with van der Waals surface area (Å²) in [6, 6.07) is 6.77. The highest BCUT2D eigenvalue weighted by atomic mass is 17.2. The third-order valence-electron chi connectivity index (χ3n) is 4.85. The predicted octanol–water partition coefficient (Wildman–Crippen LogP) is 5.48. The maximum atomic E-state index is 11.1. The molecule has 1 aromatic rings. The van der Waals surface area contributed by atoms with Gasteiger partial charge in [-0.3, -0.25) is 0 Å². The summed E-state index contributed by atoms with van der Waals surface area (Å²) in [6.45, 7) is 6.26. The Kier molecular flexibility index (Phi) is 8.53. The predicted molar refractivity (Wildman–Crippen MR) is 98.4 cm³/mol. The first-order valence-corrected chi connectivity index (χ1v) is 9.45. The highest BCUT2D eigenvalue weighted by Gasteiger charge is 2.21. The number of hydrogen-bond acceptors (Lipinski definition) is 4. The van der Waals surface area contributed by atoms with Crippen molar-refractivity contribution < 1.29 is 19.3 Å². The van der Waals surface area contributed by atoms with Gasteiger partial charge in [0.15, 0.2) is 5.75 Å². The summed E-state index contributed by atoms with van der Waals surface area (Å²) in [5.41, 5.74) is 0. The summed E-state index contributed by atoms with van der Waals surface area (Å²) < 4.78 is 5.01. The third kappa shape index (κ3) is 7.30. The maximum absolute atomic E-state index is 11.1. The van der Waals surface area contributed by atoms with Gasteiger partial charge in [-0.05, 0) is 48.9 Å². The molecule has 0 bridgehead atoms. The number of hydrogen-bond donors (Lipinski definition) is 0. The van der Waals surface area contributed by atoms with Gasteiger partial charge in [-0.25, -0.2) is 4.79 Å². The topological polar surface area (TPSA) is 44.8 Å². The van der Waals surface area contributed by atoms with E-state index >= 15 is 0 Å². The number of benzene rings is 1. The zero-order valence-electron chi connectivity index (χ0n) is 15.2. The van der Waals surface area contributed by atoms with Gasteiger partial charge in [0.05, 0.1) is 6.61 Å². The Hall–Kier alpha value is -1.81. The van der Waals surface area contributed by atoms with Gasteiger partial charge in [0, 0.05) is 6.08 Å². The van der Waals surface area contributed by atoms with Crippen molar-refractivity contribution in [2.24, 2.45) is 11.8 Å². The van der Waals surface area contributed by atoms with E-state index in [0.29, 0.717) is 24.0 Å². The molecule has 1 aliphatic rings. The van der Waals surface area contributed by atoms with E-state index in [2.05, 4.69) is 13.5 Å². The van der Waals surface area contributed by atoms with E-state index in [9.17, 15) is 4.79 Å². The minimum Gasteiger partial charge on any atom is -0.423 e. The van der Waals surface area contributed by atoms with Crippen molar-refractivity contribution in [1.82, 2.24) is 0 Å². The van der Waals surface area contributed by atoms with Crippen molar-refractivity contribution >= 4 is 5.97 Å². The van der Waals surface area contributed by atoms with Crippen LogP contribution in [0.3, 0.4) is 0 Å². The Morgan fingerprint density at radius 2 is 1.72 bits per heavy atom. The minimum absolute atomic E-state index is 0.457. The van der Waals surface area contributed by atoms with Crippen molar-refractivity contribution in [2.45, 2.75) is 58.3 Å². The molecule has 4 nitrogen and oxygen atoms in total. The van der Waals surface area contributed by atoms with Crippen molar-refractivity contribution in [2.75, 3.05) is 6.61 Å². The van der Waals surface area contributed by atoms with Crippen LogP contribution in [0.2, 0.25) is 0 Å². The summed E-state index contributed by atoms with van der Waals surface area (Å²) in [5.74, 6) is 2.09. The highest BCUT2D eigenvalue weighted by Crippen LogP contribution is 2.32. The van der Waals surface area contributed by atoms with Gasteiger partial charge in [0.1, 0.15) is 5.75 Å². The van der Waals surface area contributed by atoms with Crippen molar-refractivity contribution in [3.63, 3.8) is 0 Å². The first kappa shape index (κ1) is 19.5. The molecule has 1 saturated carbocycles. The fourth-order valence-corrected chi connectivity index (χ4v) is 3.29. The molecule has 1 aromatic carbocycles. The number of carbonyl (C=O) groups is 1. The second-order valence-electron chi connectivity index (χ2n) is 6.85. The van der Waals surface area contributed by atoms with Gasteiger partial charge in [-0.15, -0.1) is 0 Å². The van der Waals surface area contributed by atoms with Crippen LogP contribution in [0.25, 0.3) is 0 Å². The Morgan fingerprint density at radius 1 is 1.08 bits per heavy atom. The largest absolute Gasteiger partial charge is 0.423 e. The first-order chi connectivity index (χ1) is 12.2. The van der Waals surface area contributed by atoms with Gasteiger partial charge >= 0.3 is 5.97 Å². The smallest absolute Gasteiger partial charge is 0.335 e. The van der Waals surface area contributed by atoms with E-state index in [1.807, 2.05) is 0 Å². The Labute approximate surface area is 151 Å². The van der Waals surface area contributed by atoms with Gasteiger partial charge < -0.3 is 9.62 Å². The molecule has 0 saturated heterocycles. The van der Waals surface area contributed by atoms with Gasteiger partial charge in [0.25, 0.3) is 0 Å². The van der Waals surface area contributed by atoms with Crippen LogP contribution >= 0.6 is 0 Å². The first-order valence-electron chi connectivity index (χ1n) is 9.45. The monoisotopic (exact) mass is 346 g/mol. The van der Waals surface area contributed by atoms with Crippen LogP contribution in [-0.4, -0.2) is 12.6 Å². The highest BCUT2D eigenvalue weighted by molar-refractivity contribution is 5.83. The fraction of sp³-hybridized carbons (Fsp3) is 0.571. The lowest BCUT2D eigenvalue weighted by Gasteiger charge is -2.27. The molecular formula is C21H30O4. The lowest BCUT2D eigenvalue weighted by Crippen LogP contribution is -2.19. The van der Waals surface area contributed by atoms with Crippen molar-refractivity contribution in [3.05, 3.63) is 36.9 Å². The van der Waals surface area contributed by atoms with Crippen LogP contribution in [0.15, 0.2) is 36.9 Å². The zero-order valence-corrected chi connectivity index (χ0v) is 15.2. The van der Waals surface area contributed by atoms with E-state index < -0.39 is 5.97 Å².